The summed E-state index contributed by atoms with van der Waals surface area (Å²) in [5.74, 6) is 0.773. The van der Waals surface area contributed by atoms with Gasteiger partial charge in [0.05, 0.1) is 0 Å². The molecule has 0 aliphatic heterocycles. The molecule has 0 aromatic rings. The van der Waals surface area contributed by atoms with Gasteiger partial charge in [0.25, 0.3) is 0 Å². The van der Waals surface area contributed by atoms with Crippen LogP contribution >= 0.6 is 11.6 Å². The molecule has 1 nitrogen and oxygen atoms in total. The first-order valence-corrected chi connectivity index (χ1v) is 3.36. The van der Waals surface area contributed by atoms with Crippen molar-refractivity contribution in [2.24, 2.45) is 0 Å². The second-order valence-corrected chi connectivity index (χ2v) is 1.63. The Kier molecular flexibility index (Phi) is 16.4. The maximum absolute atomic E-state index is 9.11. The Balaban J connectivity index is 0. The van der Waals surface area contributed by atoms with Crippen molar-refractivity contribution in [3.8, 4) is 0 Å². The van der Waals surface area contributed by atoms with Gasteiger partial charge in [-0.3, -0.25) is 0 Å². The van der Waals surface area contributed by atoms with Gasteiger partial charge >= 0.3 is 0 Å². The van der Waals surface area contributed by atoms with Crippen LogP contribution in [0.1, 0.15) is 0 Å². The molecule has 0 saturated heterocycles. The van der Waals surface area contributed by atoms with Crippen LogP contribution in [0.5, 0.6) is 0 Å². The van der Waals surface area contributed by atoms with Gasteiger partial charge in [0.2, 0.25) is 0 Å². The van der Waals surface area contributed by atoms with Crippen molar-refractivity contribution in [1.29, 1.82) is 0 Å². The van der Waals surface area contributed by atoms with Gasteiger partial charge in [-0.15, -0.1) is 11.6 Å². The van der Waals surface area contributed by atoms with Crippen molar-refractivity contribution < 1.29 is 25.9 Å². The SMILES string of the molecule is O=C[SiH]=S.[Pt]. The van der Waals surface area contributed by atoms with E-state index >= 15 is 0 Å². The molecule has 0 unspecified atom stereocenters. The van der Waals surface area contributed by atoms with Crippen LogP contribution in [0.25, 0.3) is 0 Å². The number of carbonyl (C=O) groups excluding carboxylic acids is 1. The third kappa shape index (κ3) is 11.6. The van der Waals surface area contributed by atoms with Crippen molar-refractivity contribution >= 4 is 25.8 Å². The molecule has 0 aliphatic rings. The molecule has 0 rings (SSSR count). The largest absolute Gasteiger partial charge is 0.304 e. The molecule has 0 fully saturated rings. The summed E-state index contributed by atoms with van der Waals surface area (Å²) in [6, 6.07) is 0. The second kappa shape index (κ2) is 8.84. The molecule has 0 bridgehead atoms. The molecule has 32 valence electrons. The smallest absolute Gasteiger partial charge is 0.153 e. The molecule has 0 spiro atoms. The van der Waals surface area contributed by atoms with Crippen LogP contribution in [-0.2, 0) is 25.9 Å². The molecule has 0 amide bonds. The molecule has 5 heavy (non-hydrogen) atoms. The van der Waals surface area contributed by atoms with Crippen molar-refractivity contribution in [2.45, 2.75) is 0 Å². The molecule has 4 heteroatoms. The zero-order valence-electron chi connectivity index (χ0n) is 2.29. The average molecular weight is 285 g/mol. The molecular formula is CH2OPtSSi. The fourth-order valence-corrected chi connectivity index (χ4v) is 0. The third-order valence-corrected chi connectivity index (χ3v) is 0.500. The van der Waals surface area contributed by atoms with Crippen LogP contribution in [0, 0.1) is 0 Å². The monoisotopic (exact) mass is 285 g/mol. The minimum absolute atomic E-state index is 0. The summed E-state index contributed by atoms with van der Waals surface area (Å²) in [6.45, 7) is 0. The summed E-state index contributed by atoms with van der Waals surface area (Å²) in [6.07, 6.45) is 0. The van der Waals surface area contributed by atoms with Crippen LogP contribution in [0.15, 0.2) is 0 Å². The maximum Gasteiger partial charge on any atom is 0.153 e. The molecule has 0 radical (unpaired) electrons. The Bertz CT molecular complexity index is 32.6. The summed E-state index contributed by atoms with van der Waals surface area (Å²) in [4.78, 5) is 9.11. The molecule has 0 aromatic heterocycles. The van der Waals surface area contributed by atoms with Crippen LogP contribution in [0.3, 0.4) is 0 Å². The van der Waals surface area contributed by atoms with E-state index in [-0.39, 0.29) is 29.3 Å². The van der Waals surface area contributed by atoms with Crippen molar-refractivity contribution in [3.05, 3.63) is 0 Å². The van der Waals surface area contributed by atoms with E-state index in [1.807, 2.05) is 0 Å². The predicted molar refractivity (Wildman–Crippen MR) is 21.5 cm³/mol. The van der Waals surface area contributed by atoms with Crippen LogP contribution in [-0.4, -0.2) is 14.1 Å². The van der Waals surface area contributed by atoms with E-state index in [9.17, 15) is 0 Å². The van der Waals surface area contributed by atoms with Crippen LogP contribution in [0.4, 0.5) is 0 Å². The number of hydrogen-bond donors (Lipinski definition) is 0. The topological polar surface area (TPSA) is 17.1 Å². The first-order chi connectivity index (χ1) is 1.91. The van der Waals surface area contributed by atoms with E-state index in [0.717, 1.165) is 5.91 Å². The first kappa shape index (κ1) is 9.25. The molecule has 0 atom stereocenters. The van der Waals surface area contributed by atoms with Gasteiger partial charge in [-0.1, -0.05) is 0 Å². The van der Waals surface area contributed by atoms with Gasteiger partial charge in [-0.2, -0.15) is 0 Å². The first-order valence-electron chi connectivity index (χ1n) is 0.805. The summed E-state index contributed by atoms with van der Waals surface area (Å²) >= 11 is 4.27. The summed E-state index contributed by atoms with van der Waals surface area (Å²) < 4.78 is 0. The van der Waals surface area contributed by atoms with Crippen LogP contribution < -0.4 is 0 Å². The van der Waals surface area contributed by atoms with Gasteiger partial charge in [0.15, 0.2) is 8.23 Å². The normalized spacial score (nSPS) is 4.00. The number of hydrogen-bond acceptors (Lipinski definition) is 2. The maximum atomic E-state index is 9.11. The molecule has 0 heterocycles. The van der Waals surface area contributed by atoms with E-state index in [1.54, 1.807) is 0 Å². The van der Waals surface area contributed by atoms with Gasteiger partial charge in [0, 0.05) is 21.1 Å². The van der Waals surface area contributed by atoms with Gasteiger partial charge in [-0.25, -0.2) is 0 Å². The molecule has 0 saturated carbocycles. The average Bonchev–Trinajstić information content (AvgIpc) is 1.37. The zero-order chi connectivity index (χ0) is 3.41. The van der Waals surface area contributed by atoms with E-state index in [2.05, 4.69) is 11.6 Å². The van der Waals surface area contributed by atoms with E-state index in [0.29, 0.717) is 0 Å². The summed E-state index contributed by atoms with van der Waals surface area (Å²) in [5, 5.41) is 0. The number of carbonyl (C=O) groups is 1. The van der Waals surface area contributed by atoms with E-state index < -0.39 is 0 Å². The van der Waals surface area contributed by atoms with Crippen molar-refractivity contribution in [2.75, 3.05) is 0 Å². The summed E-state index contributed by atoms with van der Waals surface area (Å²) in [5.41, 5.74) is 0. The van der Waals surface area contributed by atoms with Crippen molar-refractivity contribution in [3.63, 3.8) is 0 Å². The Morgan fingerprint density at radius 3 is 2.00 bits per heavy atom. The third-order valence-electron chi connectivity index (χ3n) is 0.0556. The molecular weight excluding hydrogens is 283 g/mol. The van der Waals surface area contributed by atoms with Gasteiger partial charge < -0.3 is 4.79 Å². The predicted octanol–water partition coefficient (Wildman–Crippen LogP) is -0.277. The Hall–Kier alpha value is 0.795. The van der Waals surface area contributed by atoms with Gasteiger partial charge in [-0.05, 0) is 0 Å². The number of rotatable bonds is 1. The van der Waals surface area contributed by atoms with Crippen LogP contribution in [0.2, 0.25) is 0 Å². The Morgan fingerprint density at radius 1 is 1.80 bits per heavy atom. The quantitative estimate of drug-likeness (QED) is 0.487. The summed E-state index contributed by atoms with van der Waals surface area (Å²) in [7, 11) is -0.315. The fraction of sp³-hybridized carbons (Fsp3) is 0. The standard InChI is InChI=1S/CH2OSSi.Pt/c2-1-4-3;/h1,4H;. The van der Waals surface area contributed by atoms with Gasteiger partial charge in [0.1, 0.15) is 5.91 Å². The zero-order valence-corrected chi connectivity index (χ0v) is 6.53. The molecule has 0 N–H and O–H groups in total. The minimum Gasteiger partial charge on any atom is -0.304 e. The second-order valence-electron chi connectivity index (χ2n) is 0.272. The van der Waals surface area contributed by atoms with E-state index in [4.69, 9.17) is 4.79 Å². The Labute approximate surface area is 51.8 Å². The molecule has 0 aromatic carbocycles. The molecule has 0 aliphatic carbocycles. The fourth-order valence-electron chi connectivity index (χ4n) is 0. The van der Waals surface area contributed by atoms with Crippen molar-refractivity contribution in [1.82, 2.24) is 0 Å². The Morgan fingerprint density at radius 2 is 2.00 bits per heavy atom. The minimum atomic E-state index is -0.315. The van der Waals surface area contributed by atoms with E-state index in [1.165, 1.54) is 0 Å².